The number of hydrogen-bond donors (Lipinski definition) is 2. The molecule has 3 aromatic rings. The second kappa shape index (κ2) is 7.24. The van der Waals surface area contributed by atoms with Crippen molar-refractivity contribution in [2.75, 3.05) is 12.3 Å². The Kier molecular flexibility index (Phi) is 4.51. The lowest BCUT2D eigenvalue weighted by atomic mass is 9.78. The van der Waals surface area contributed by atoms with Crippen molar-refractivity contribution >= 4 is 29.2 Å². The van der Waals surface area contributed by atoms with Gasteiger partial charge in [0.05, 0.1) is 6.61 Å². The molecule has 3 N–H and O–H groups in total. The zero-order valence-electron chi connectivity index (χ0n) is 16.1. The van der Waals surface area contributed by atoms with Gasteiger partial charge in [-0.05, 0) is 36.4 Å². The number of amides is 1. The van der Waals surface area contributed by atoms with E-state index in [1.165, 1.54) is 6.07 Å². The third kappa shape index (κ3) is 3.25. The molecule has 5 rings (SSSR count). The molecule has 3 heterocycles. The van der Waals surface area contributed by atoms with Crippen LogP contribution >= 0.6 is 11.6 Å². The average Bonchev–Trinajstić information content (AvgIpc) is 2.76. The summed E-state index contributed by atoms with van der Waals surface area (Å²) in [7, 11) is 0. The molecule has 9 heteroatoms. The molecule has 2 aliphatic rings. The molecule has 1 amide bonds. The number of aliphatic imine (C=N–C) groups is 1. The van der Waals surface area contributed by atoms with Crippen LogP contribution in [0.5, 0.6) is 11.5 Å². The number of carbonyl (C=O) groups is 1. The van der Waals surface area contributed by atoms with Gasteiger partial charge in [0.15, 0.2) is 5.75 Å². The first-order valence-corrected chi connectivity index (χ1v) is 9.87. The van der Waals surface area contributed by atoms with Crippen molar-refractivity contribution in [1.29, 1.82) is 0 Å². The molecular formula is C22H16ClFN4O3. The fourth-order valence-electron chi connectivity index (χ4n) is 3.86. The van der Waals surface area contributed by atoms with E-state index in [-0.39, 0.29) is 29.4 Å². The molecule has 1 atom stereocenters. The molecule has 1 unspecified atom stereocenters. The number of nitrogens with zero attached hydrogens (tertiary/aromatic N) is 2. The third-order valence-electron chi connectivity index (χ3n) is 5.26. The van der Waals surface area contributed by atoms with Crippen molar-refractivity contribution in [3.63, 3.8) is 0 Å². The van der Waals surface area contributed by atoms with Crippen LogP contribution in [0.2, 0.25) is 5.15 Å². The summed E-state index contributed by atoms with van der Waals surface area (Å²) in [6, 6.07) is 15.2. The number of halogens is 2. The Bertz CT molecular complexity index is 1230. The van der Waals surface area contributed by atoms with Gasteiger partial charge in [0.2, 0.25) is 0 Å². The Hall–Kier alpha value is -3.65. The normalized spacial score (nSPS) is 18.8. The van der Waals surface area contributed by atoms with E-state index in [0.717, 1.165) is 0 Å². The quantitative estimate of drug-likeness (QED) is 0.441. The van der Waals surface area contributed by atoms with Gasteiger partial charge in [0.25, 0.3) is 17.9 Å². The molecule has 2 aliphatic heterocycles. The maximum absolute atomic E-state index is 14.7. The van der Waals surface area contributed by atoms with Gasteiger partial charge in [0, 0.05) is 28.8 Å². The van der Waals surface area contributed by atoms with Gasteiger partial charge in [-0.25, -0.2) is 9.98 Å². The van der Waals surface area contributed by atoms with Gasteiger partial charge in [-0.15, -0.1) is 0 Å². The van der Waals surface area contributed by atoms with Crippen molar-refractivity contribution < 1.29 is 18.7 Å². The monoisotopic (exact) mass is 438 g/mol. The van der Waals surface area contributed by atoms with Crippen molar-refractivity contribution in [2.24, 2.45) is 4.99 Å². The molecule has 2 aromatic carbocycles. The Morgan fingerprint density at radius 2 is 1.97 bits per heavy atom. The summed E-state index contributed by atoms with van der Waals surface area (Å²) >= 11 is 6.06. The summed E-state index contributed by atoms with van der Waals surface area (Å²) < 4.78 is 26.1. The Labute approximate surface area is 181 Å². The molecule has 31 heavy (non-hydrogen) atoms. The first kappa shape index (κ1) is 19.3. The summed E-state index contributed by atoms with van der Waals surface area (Å²) in [5, 5.41) is 2.65. The largest absolute Gasteiger partial charge is 0.465 e. The van der Waals surface area contributed by atoms with Gasteiger partial charge in [-0.2, -0.15) is 4.39 Å². The van der Waals surface area contributed by atoms with E-state index in [1.54, 1.807) is 42.5 Å². The fourth-order valence-corrected chi connectivity index (χ4v) is 4.04. The molecular weight excluding hydrogens is 423 g/mol. The van der Waals surface area contributed by atoms with E-state index in [0.29, 0.717) is 34.5 Å². The molecule has 156 valence electrons. The Balaban J connectivity index is 1.66. The van der Waals surface area contributed by atoms with E-state index in [4.69, 9.17) is 31.8 Å². The van der Waals surface area contributed by atoms with Crippen LogP contribution in [0, 0.1) is 5.95 Å². The lowest BCUT2D eigenvalue weighted by molar-refractivity contribution is 0.0959. The maximum Gasteiger partial charge on any atom is 0.292 e. The van der Waals surface area contributed by atoms with Crippen LogP contribution in [0.25, 0.3) is 0 Å². The number of nitrogens with two attached hydrogens (primary N) is 1. The van der Waals surface area contributed by atoms with Crippen LogP contribution in [0.4, 0.5) is 10.1 Å². The number of carbonyl (C=O) groups excluding carboxylic acids is 1. The molecule has 0 fully saturated rings. The number of benzene rings is 2. The predicted octanol–water partition coefficient (Wildman–Crippen LogP) is 4.01. The number of rotatable bonds is 1. The van der Waals surface area contributed by atoms with Crippen molar-refractivity contribution in [3.8, 4) is 11.5 Å². The van der Waals surface area contributed by atoms with E-state index in [9.17, 15) is 9.18 Å². The van der Waals surface area contributed by atoms with E-state index in [1.807, 2.05) is 6.07 Å². The average molecular weight is 439 g/mol. The Morgan fingerprint density at radius 3 is 2.77 bits per heavy atom. The number of hydrogen-bond acceptors (Lipinski definition) is 6. The van der Waals surface area contributed by atoms with Gasteiger partial charge in [0.1, 0.15) is 16.4 Å². The summed E-state index contributed by atoms with van der Waals surface area (Å²) in [6.07, 6.45) is 0.351. The highest BCUT2D eigenvalue weighted by Crippen LogP contribution is 2.53. The number of pyridine rings is 1. The summed E-state index contributed by atoms with van der Waals surface area (Å²) in [6.45, 7) is 0.211. The molecule has 0 aliphatic carbocycles. The second-order valence-corrected chi connectivity index (χ2v) is 7.55. The fraction of sp³-hybridized carbons (Fsp3) is 0.136. The minimum atomic E-state index is -1.12. The second-order valence-electron chi connectivity index (χ2n) is 7.17. The van der Waals surface area contributed by atoms with Gasteiger partial charge < -0.3 is 15.2 Å². The van der Waals surface area contributed by atoms with Crippen molar-refractivity contribution in [3.05, 3.63) is 82.4 Å². The van der Waals surface area contributed by atoms with Gasteiger partial charge in [-0.3, -0.25) is 10.1 Å². The number of nitrogens with one attached hydrogen (secondary N) is 1. The topological polar surface area (TPSA) is 98.8 Å². The number of anilines is 1. The van der Waals surface area contributed by atoms with Crippen LogP contribution in [-0.4, -0.2) is 23.5 Å². The number of ether oxygens (including phenoxy) is 2. The van der Waals surface area contributed by atoms with Gasteiger partial charge in [-0.1, -0.05) is 29.8 Å². The van der Waals surface area contributed by atoms with Crippen LogP contribution < -0.4 is 15.8 Å². The molecule has 0 bridgehead atoms. The zero-order valence-corrected chi connectivity index (χ0v) is 16.8. The minimum absolute atomic E-state index is 0.00895. The van der Waals surface area contributed by atoms with Crippen LogP contribution in [0.15, 0.2) is 59.6 Å². The first-order chi connectivity index (χ1) is 15.0. The maximum atomic E-state index is 14.7. The van der Waals surface area contributed by atoms with E-state index >= 15 is 0 Å². The highest BCUT2D eigenvalue weighted by atomic mass is 35.5. The first-order valence-electron chi connectivity index (χ1n) is 9.50. The molecule has 0 saturated heterocycles. The summed E-state index contributed by atoms with van der Waals surface area (Å²) in [5.41, 5.74) is 6.85. The molecule has 1 aromatic heterocycles. The molecule has 7 nitrogen and oxygen atoms in total. The highest BCUT2D eigenvalue weighted by Gasteiger charge is 2.46. The van der Waals surface area contributed by atoms with Crippen molar-refractivity contribution in [2.45, 2.75) is 12.0 Å². The highest BCUT2D eigenvalue weighted by molar-refractivity contribution is 6.29. The number of nitrogen functional groups attached to an aromatic ring is 1. The number of fused-ring (bicyclic) bond motifs is 4. The number of amidine groups is 1. The smallest absolute Gasteiger partial charge is 0.292 e. The summed E-state index contributed by atoms with van der Waals surface area (Å²) in [5.74, 6) is -0.901. The predicted molar refractivity (Wildman–Crippen MR) is 113 cm³/mol. The van der Waals surface area contributed by atoms with Crippen LogP contribution in [0.1, 0.15) is 27.9 Å². The van der Waals surface area contributed by atoms with Gasteiger partial charge >= 0.3 is 0 Å². The van der Waals surface area contributed by atoms with E-state index < -0.39 is 11.5 Å². The molecule has 0 saturated carbocycles. The SMILES string of the molecule is Nc1ccc2c(c1)C1(CCOC(NC(=O)c3ccccc3)=N1)c1cc(Cl)nc(F)c1O2. The molecule has 1 spiro atoms. The zero-order chi connectivity index (χ0) is 21.6. The molecule has 0 radical (unpaired) electrons. The Morgan fingerprint density at radius 1 is 1.16 bits per heavy atom. The van der Waals surface area contributed by atoms with E-state index in [2.05, 4.69) is 10.3 Å². The minimum Gasteiger partial charge on any atom is -0.465 e. The van der Waals surface area contributed by atoms with Crippen LogP contribution in [-0.2, 0) is 10.3 Å². The number of aromatic nitrogens is 1. The third-order valence-corrected chi connectivity index (χ3v) is 5.45. The standard InChI is InChI=1S/C22H16ClFN4O3/c23-17-11-15-18(19(24)26-17)31-16-7-6-13(25)10-14(16)22(15)8-9-30-21(28-22)27-20(29)12-4-2-1-3-5-12/h1-7,10-11H,8-9,25H2,(H,27,28,29). The lowest BCUT2D eigenvalue weighted by Gasteiger charge is -2.39. The lowest BCUT2D eigenvalue weighted by Crippen LogP contribution is -2.42. The summed E-state index contributed by atoms with van der Waals surface area (Å²) in [4.78, 5) is 21.0. The van der Waals surface area contributed by atoms with Crippen molar-refractivity contribution in [1.82, 2.24) is 10.3 Å². The van der Waals surface area contributed by atoms with Crippen LogP contribution in [0.3, 0.4) is 0 Å².